The molecule has 0 aliphatic carbocycles. The number of amides is 2. The summed E-state index contributed by atoms with van der Waals surface area (Å²) in [6.45, 7) is 0.737. The highest BCUT2D eigenvalue weighted by Gasteiger charge is 2.32. The van der Waals surface area contributed by atoms with E-state index in [1.165, 1.54) is 11.3 Å². The fourth-order valence-electron chi connectivity index (χ4n) is 1.51. The number of carbonyl (C=O) groups is 2. The number of alkyl halides is 1. The van der Waals surface area contributed by atoms with Crippen LogP contribution in [0.2, 0.25) is 0 Å². The summed E-state index contributed by atoms with van der Waals surface area (Å²) in [5.41, 5.74) is 0. The molecule has 0 radical (unpaired) electrons. The normalized spacial score (nSPS) is 19.2. The van der Waals surface area contributed by atoms with Crippen molar-refractivity contribution in [3.63, 3.8) is 0 Å². The molecule has 1 N–H and O–H groups in total. The molecule has 5 nitrogen and oxygen atoms in total. The molecule has 17 heavy (non-hydrogen) atoms. The molecule has 0 bridgehead atoms. The van der Waals surface area contributed by atoms with E-state index in [0.29, 0.717) is 13.1 Å². The molecule has 1 saturated heterocycles. The van der Waals surface area contributed by atoms with Crippen LogP contribution in [0.4, 0.5) is 9.80 Å². The summed E-state index contributed by atoms with van der Waals surface area (Å²) in [6, 6.07) is 3.72. The van der Waals surface area contributed by atoms with E-state index in [0.717, 1.165) is 5.00 Å². The maximum absolute atomic E-state index is 11.6. The van der Waals surface area contributed by atoms with Gasteiger partial charge in [0.15, 0.2) is 0 Å². The van der Waals surface area contributed by atoms with Crippen LogP contribution in [-0.2, 0) is 9.53 Å². The third-order valence-corrected chi connectivity index (χ3v) is 3.43. The first kappa shape index (κ1) is 12.2. The highest BCUT2D eigenvalue weighted by Crippen LogP contribution is 2.25. The molecule has 1 aromatic heterocycles. The van der Waals surface area contributed by atoms with E-state index in [1.54, 1.807) is 4.90 Å². The van der Waals surface area contributed by atoms with Crippen LogP contribution in [0.15, 0.2) is 17.5 Å². The van der Waals surface area contributed by atoms with Crippen molar-refractivity contribution in [2.45, 2.75) is 6.10 Å². The highest BCUT2D eigenvalue weighted by atomic mass is 35.5. The number of carbonyl (C=O) groups excluding carboxylic acids is 2. The van der Waals surface area contributed by atoms with Crippen LogP contribution in [-0.4, -0.2) is 37.1 Å². The lowest BCUT2D eigenvalue weighted by Crippen LogP contribution is -2.35. The van der Waals surface area contributed by atoms with Gasteiger partial charge in [0.05, 0.1) is 13.1 Å². The lowest BCUT2D eigenvalue weighted by molar-refractivity contribution is -0.119. The molecule has 0 aromatic carbocycles. The third kappa shape index (κ3) is 2.89. The molecule has 2 rings (SSSR count). The van der Waals surface area contributed by atoms with Gasteiger partial charge in [0.1, 0.15) is 17.0 Å². The monoisotopic (exact) mass is 274 g/mol. The minimum Gasteiger partial charge on any atom is -0.442 e. The van der Waals surface area contributed by atoms with Crippen LogP contribution in [0.1, 0.15) is 0 Å². The van der Waals surface area contributed by atoms with Crippen LogP contribution in [0.25, 0.3) is 0 Å². The smallest absolute Gasteiger partial charge is 0.415 e. The molecule has 1 aromatic rings. The van der Waals surface area contributed by atoms with Gasteiger partial charge in [0.2, 0.25) is 5.91 Å². The van der Waals surface area contributed by atoms with Crippen LogP contribution >= 0.6 is 22.9 Å². The van der Waals surface area contributed by atoms with Crippen LogP contribution in [0.5, 0.6) is 0 Å². The van der Waals surface area contributed by atoms with Gasteiger partial charge in [-0.2, -0.15) is 0 Å². The second kappa shape index (κ2) is 5.37. The number of ether oxygens (including phenoxy) is 1. The standard InChI is InChI=1S/C10H11ClN2O3S/c11-4-8(14)12-5-7-6-13(10(15)16-7)9-2-1-3-17-9/h1-3,7H,4-6H2,(H,12,14). The molecule has 7 heteroatoms. The molecule has 1 unspecified atom stereocenters. The quantitative estimate of drug-likeness (QED) is 0.845. The average molecular weight is 275 g/mol. The predicted octanol–water partition coefficient (Wildman–Crippen LogP) is 1.43. The van der Waals surface area contributed by atoms with Gasteiger partial charge in [-0.05, 0) is 17.5 Å². The van der Waals surface area contributed by atoms with Crippen LogP contribution in [0, 0.1) is 0 Å². The lowest BCUT2D eigenvalue weighted by Gasteiger charge is -2.10. The van der Waals surface area contributed by atoms with Gasteiger partial charge >= 0.3 is 6.09 Å². The second-order valence-electron chi connectivity index (χ2n) is 3.51. The number of halogens is 1. The SMILES string of the molecule is O=C(CCl)NCC1CN(c2cccs2)C(=O)O1. The Morgan fingerprint density at radius 2 is 2.53 bits per heavy atom. The highest BCUT2D eigenvalue weighted by molar-refractivity contribution is 7.14. The van der Waals surface area contributed by atoms with E-state index >= 15 is 0 Å². The van der Waals surface area contributed by atoms with E-state index in [1.807, 2.05) is 17.5 Å². The van der Waals surface area contributed by atoms with E-state index in [2.05, 4.69) is 5.32 Å². The molecule has 0 spiro atoms. The van der Waals surface area contributed by atoms with Gasteiger partial charge in [0, 0.05) is 0 Å². The van der Waals surface area contributed by atoms with Crippen molar-refractivity contribution in [2.24, 2.45) is 0 Å². The first-order valence-corrected chi connectivity index (χ1v) is 6.46. The molecule has 1 atom stereocenters. The molecule has 0 saturated carbocycles. The number of nitrogens with one attached hydrogen (secondary N) is 1. The summed E-state index contributed by atoms with van der Waals surface area (Å²) in [7, 11) is 0. The van der Waals surface area contributed by atoms with Crippen molar-refractivity contribution in [2.75, 3.05) is 23.9 Å². The first-order chi connectivity index (χ1) is 8.20. The van der Waals surface area contributed by atoms with Crippen molar-refractivity contribution in [3.05, 3.63) is 17.5 Å². The molecule has 2 amide bonds. The van der Waals surface area contributed by atoms with E-state index in [9.17, 15) is 9.59 Å². The fraction of sp³-hybridized carbons (Fsp3) is 0.400. The van der Waals surface area contributed by atoms with Gasteiger partial charge in [-0.3, -0.25) is 9.69 Å². The number of hydrogen-bond acceptors (Lipinski definition) is 4. The Hall–Kier alpha value is -1.27. The average Bonchev–Trinajstić information content (AvgIpc) is 2.94. The minimum absolute atomic E-state index is 0.0880. The zero-order valence-electron chi connectivity index (χ0n) is 8.89. The van der Waals surface area contributed by atoms with Gasteiger partial charge in [-0.25, -0.2) is 4.79 Å². The summed E-state index contributed by atoms with van der Waals surface area (Å²) >= 11 is 6.82. The number of hydrogen-bond donors (Lipinski definition) is 1. The molecule has 1 fully saturated rings. The van der Waals surface area contributed by atoms with Crippen LogP contribution < -0.4 is 10.2 Å². The van der Waals surface area contributed by atoms with E-state index in [-0.39, 0.29) is 24.0 Å². The van der Waals surface area contributed by atoms with E-state index < -0.39 is 0 Å². The predicted molar refractivity (Wildman–Crippen MR) is 65.7 cm³/mol. The number of nitrogens with zero attached hydrogens (tertiary/aromatic N) is 1. The largest absolute Gasteiger partial charge is 0.442 e. The van der Waals surface area contributed by atoms with Gasteiger partial charge in [-0.15, -0.1) is 22.9 Å². The maximum Gasteiger partial charge on any atom is 0.415 e. The Morgan fingerprint density at radius 1 is 1.71 bits per heavy atom. The second-order valence-corrected chi connectivity index (χ2v) is 4.70. The third-order valence-electron chi connectivity index (χ3n) is 2.29. The van der Waals surface area contributed by atoms with Gasteiger partial charge in [-0.1, -0.05) is 0 Å². The van der Waals surface area contributed by atoms with E-state index in [4.69, 9.17) is 16.3 Å². The van der Waals surface area contributed by atoms with Crippen molar-refractivity contribution < 1.29 is 14.3 Å². The molecule has 1 aliphatic heterocycles. The van der Waals surface area contributed by atoms with Crippen LogP contribution in [0.3, 0.4) is 0 Å². The van der Waals surface area contributed by atoms with Crippen molar-refractivity contribution >= 4 is 39.9 Å². The summed E-state index contributed by atoms with van der Waals surface area (Å²) in [4.78, 5) is 24.1. The maximum atomic E-state index is 11.6. The summed E-state index contributed by atoms with van der Waals surface area (Å²) in [5.74, 6) is -0.354. The topological polar surface area (TPSA) is 58.6 Å². The zero-order chi connectivity index (χ0) is 12.3. The Bertz CT molecular complexity index is 410. The lowest BCUT2D eigenvalue weighted by atomic mass is 10.3. The first-order valence-electron chi connectivity index (χ1n) is 5.05. The molecule has 2 heterocycles. The Kier molecular flexibility index (Phi) is 3.86. The molecular weight excluding hydrogens is 264 g/mol. The Morgan fingerprint density at radius 3 is 3.18 bits per heavy atom. The minimum atomic E-state index is -0.377. The molecule has 1 aliphatic rings. The Balaban J connectivity index is 1.89. The number of anilines is 1. The molecular formula is C10H11ClN2O3S. The number of thiophene rings is 1. The number of rotatable bonds is 4. The van der Waals surface area contributed by atoms with Gasteiger partial charge in [0.25, 0.3) is 0 Å². The zero-order valence-corrected chi connectivity index (χ0v) is 10.5. The summed E-state index contributed by atoms with van der Waals surface area (Å²) in [6.07, 6.45) is -0.700. The fourth-order valence-corrected chi connectivity index (χ4v) is 2.33. The van der Waals surface area contributed by atoms with Crippen molar-refractivity contribution in [3.8, 4) is 0 Å². The molecule has 92 valence electrons. The van der Waals surface area contributed by atoms with Crippen molar-refractivity contribution in [1.29, 1.82) is 0 Å². The number of cyclic esters (lactones) is 1. The van der Waals surface area contributed by atoms with Crippen molar-refractivity contribution in [1.82, 2.24) is 5.32 Å². The summed E-state index contributed by atoms with van der Waals surface area (Å²) < 4.78 is 5.13. The van der Waals surface area contributed by atoms with Gasteiger partial charge < -0.3 is 10.1 Å². The Labute approximate surface area is 107 Å². The summed E-state index contributed by atoms with van der Waals surface area (Å²) in [5, 5.41) is 5.33.